The number of carbonyl (C=O) groups excluding carboxylic acids is 2. The van der Waals surface area contributed by atoms with Crippen molar-refractivity contribution in [1.82, 2.24) is 14.9 Å². The second-order valence-electron chi connectivity index (χ2n) is 9.99. The van der Waals surface area contributed by atoms with Gasteiger partial charge in [0.1, 0.15) is 11.5 Å². The number of rotatable bonds is 7. The maximum Gasteiger partial charge on any atom is 0.338 e. The fourth-order valence-corrected chi connectivity index (χ4v) is 5.09. The number of carbonyl (C=O) groups is 2. The molecule has 210 valence electrons. The molecule has 8 nitrogen and oxygen atoms in total. The molecule has 0 radical (unpaired) electrons. The highest BCUT2D eigenvalue weighted by molar-refractivity contribution is 5.96. The predicted molar refractivity (Wildman–Crippen MR) is 159 cm³/mol. The lowest BCUT2D eigenvalue weighted by atomic mass is 10.00. The first-order valence-corrected chi connectivity index (χ1v) is 13.6. The van der Waals surface area contributed by atoms with E-state index in [0.717, 1.165) is 34.6 Å². The van der Waals surface area contributed by atoms with Crippen LogP contribution in [0.1, 0.15) is 21.5 Å². The second kappa shape index (κ2) is 11.7. The zero-order valence-electron chi connectivity index (χ0n) is 23.4. The molecule has 2 heterocycles. The van der Waals surface area contributed by atoms with Gasteiger partial charge in [0.15, 0.2) is 6.61 Å². The molecule has 8 heteroatoms. The summed E-state index contributed by atoms with van der Waals surface area (Å²) in [5.41, 5.74) is 6.89. The van der Waals surface area contributed by atoms with Crippen LogP contribution in [0.15, 0.2) is 91.0 Å². The Balaban J connectivity index is 1.26. The number of nitrogens with zero attached hydrogens (tertiary/aromatic N) is 3. The quantitative estimate of drug-likeness (QED) is 0.236. The SMILES string of the molecule is COc1ccc(-c2nc3ccc(C(=O)OCC(=O)N4CCc5ccccc5C4)cc3nc2-c2ccc(OC)cc2)cc1. The topological polar surface area (TPSA) is 90.9 Å². The number of fused-ring (bicyclic) bond motifs is 2. The highest BCUT2D eigenvalue weighted by Gasteiger charge is 2.22. The molecular formula is C34H29N3O5. The van der Waals surface area contributed by atoms with Gasteiger partial charge in [0.05, 0.1) is 42.2 Å². The smallest absolute Gasteiger partial charge is 0.338 e. The maximum absolute atomic E-state index is 13.0. The fraction of sp³-hybridized carbons (Fsp3) is 0.176. The second-order valence-corrected chi connectivity index (χ2v) is 9.99. The molecule has 0 fully saturated rings. The lowest BCUT2D eigenvalue weighted by molar-refractivity contribution is -0.135. The van der Waals surface area contributed by atoms with Crippen molar-refractivity contribution in [3.8, 4) is 34.0 Å². The molecule has 6 rings (SSSR count). The summed E-state index contributed by atoms with van der Waals surface area (Å²) in [5.74, 6) is 0.663. The van der Waals surface area contributed by atoms with Crippen LogP contribution in [-0.2, 0) is 22.5 Å². The number of hydrogen-bond acceptors (Lipinski definition) is 7. The van der Waals surface area contributed by atoms with E-state index in [-0.39, 0.29) is 12.5 Å². The average molecular weight is 560 g/mol. The maximum atomic E-state index is 13.0. The average Bonchev–Trinajstić information content (AvgIpc) is 3.06. The predicted octanol–water partition coefficient (Wildman–Crippen LogP) is 5.72. The van der Waals surface area contributed by atoms with Crippen molar-refractivity contribution < 1.29 is 23.8 Å². The van der Waals surface area contributed by atoms with Crippen molar-refractivity contribution in [3.63, 3.8) is 0 Å². The molecule has 1 amide bonds. The van der Waals surface area contributed by atoms with Crippen LogP contribution in [0, 0.1) is 0 Å². The first-order chi connectivity index (χ1) is 20.5. The van der Waals surface area contributed by atoms with Crippen molar-refractivity contribution in [1.29, 1.82) is 0 Å². The molecule has 1 aliphatic heterocycles. The van der Waals surface area contributed by atoms with Crippen molar-refractivity contribution in [2.45, 2.75) is 13.0 Å². The van der Waals surface area contributed by atoms with Crippen LogP contribution in [0.5, 0.6) is 11.5 Å². The highest BCUT2D eigenvalue weighted by atomic mass is 16.5. The number of amides is 1. The van der Waals surface area contributed by atoms with Crippen molar-refractivity contribution in [3.05, 3.63) is 108 Å². The molecule has 1 aromatic heterocycles. The summed E-state index contributed by atoms with van der Waals surface area (Å²) in [5, 5.41) is 0. The Labute approximate surface area is 243 Å². The summed E-state index contributed by atoms with van der Waals surface area (Å²) in [6.07, 6.45) is 0.786. The summed E-state index contributed by atoms with van der Waals surface area (Å²) in [4.78, 5) is 37.4. The standard InChI is InChI=1S/C34H29N3O5/c1-40-27-12-7-23(8-13-27)32-33(24-9-14-28(41-2)15-10-24)36-30-19-25(11-16-29(30)35-32)34(39)42-21-31(38)37-18-17-22-5-3-4-6-26(22)20-37/h3-16,19H,17-18,20-21H2,1-2H3. The van der Waals surface area contributed by atoms with E-state index in [1.54, 1.807) is 37.3 Å². The van der Waals surface area contributed by atoms with Gasteiger partial charge in [-0.2, -0.15) is 0 Å². The third-order valence-electron chi connectivity index (χ3n) is 7.44. The van der Waals surface area contributed by atoms with Gasteiger partial charge in [-0.15, -0.1) is 0 Å². The molecule has 4 aromatic carbocycles. The Morgan fingerprint density at radius 1 is 0.738 bits per heavy atom. The van der Waals surface area contributed by atoms with Crippen molar-refractivity contribution >= 4 is 22.9 Å². The third-order valence-corrected chi connectivity index (χ3v) is 7.44. The molecule has 5 aromatic rings. The van der Waals surface area contributed by atoms with Crippen LogP contribution in [0.2, 0.25) is 0 Å². The Kier molecular flexibility index (Phi) is 7.51. The van der Waals surface area contributed by atoms with E-state index < -0.39 is 5.97 Å². The van der Waals surface area contributed by atoms with Gasteiger partial charge < -0.3 is 19.1 Å². The lowest BCUT2D eigenvalue weighted by Gasteiger charge is -2.28. The highest BCUT2D eigenvalue weighted by Crippen LogP contribution is 2.33. The van der Waals surface area contributed by atoms with E-state index in [2.05, 4.69) is 6.07 Å². The van der Waals surface area contributed by atoms with Crippen LogP contribution in [-0.4, -0.2) is 54.1 Å². The molecule has 0 spiro atoms. The van der Waals surface area contributed by atoms with Crippen LogP contribution in [0.25, 0.3) is 33.5 Å². The van der Waals surface area contributed by atoms with Gasteiger partial charge in [-0.1, -0.05) is 24.3 Å². The van der Waals surface area contributed by atoms with Gasteiger partial charge in [-0.3, -0.25) is 4.79 Å². The number of benzene rings is 4. The van der Waals surface area contributed by atoms with Gasteiger partial charge in [0.2, 0.25) is 0 Å². The minimum Gasteiger partial charge on any atom is -0.497 e. The van der Waals surface area contributed by atoms with Gasteiger partial charge in [-0.25, -0.2) is 14.8 Å². The Morgan fingerprint density at radius 2 is 1.33 bits per heavy atom. The molecule has 0 saturated heterocycles. The van der Waals surface area contributed by atoms with Gasteiger partial charge in [-0.05, 0) is 84.3 Å². The molecule has 42 heavy (non-hydrogen) atoms. The van der Waals surface area contributed by atoms with E-state index in [9.17, 15) is 9.59 Å². The summed E-state index contributed by atoms with van der Waals surface area (Å²) in [6, 6.07) is 28.3. The molecule has 0 saturated carbocycles. The van der Waals surface area contributed by atoms with Gasteiger partial charge in [0, 0.05) is 24.2 Å². The minimum atomic E-state index is -0.588. The molecule has 0 N–H and O–H groups in total. The fourth-order valence-electron chi connectivity index (χ4n) is 5.09. The largest absolute Gasteiger partial charge is 0.497 e. The summed E-state index contributed by atoms with van der Waals surface area (Å²) < 4.78 is 16.1. The molecule has 0 bridgehead atoms. The number of esters is 1. The third kappa shape index (κ3) is 5.51. The molecular weight excluding hydrogens is 530 g/mol. The zero-order chi connectivity index (χ0) is 29.1. The van der Waals surface area contributed by atoms with Crippen molar-refractivity contribution in [2.75, 3.05) is 27.4 Å². The van der Waals surface area contributed by atoms with E-state index in [1.165, 1.54) is 5.56 Å². The summed E-state index contributed by atoms with van der Waals surface area (Å²) in [7, 11) is 3.24. The summed E-state index contributed by atoms with van der Waals surface area (Å²) >= 11 is 0. The molecule has 1 aliphatic rings. The number of methoxy groups -OCH3 is 2. The Bertz CT molecular complexity index is 1770. The lowest BCUT2D eigenvalue weighted by Crippen LogP contribution is -2.38. The van der Waals surface area contributed by atoms with Gasteiger partial charge >= 0.3 is 5.97 Å². The zero-order valence-corrected chi connectivity index (χ0v) is 23.4. The first-order valence-electron chi connectivity index (χ1n) is 13.6. The first kappa shape index (κ1) is 27.0. The Morgan fingerprint density at radius 3 is 1.95 bits per heavy atom. The number of hydrogen-bond donors (Lipinski definition) is 0. The van der Waals surface area contributed by atoms with Crippen LogP contribution in [0.3, 0.4) is 0 Å². The van der Waals surface area contributed by atoms with E-state index >= 15 is 0 Å². The number of ether oxygens (including phenoxy) is 3. The van der Waals surface area contributed by atoms with E-state index in [0.29, 0.717) is 41.1 Å². The van der Waals surface area contributed by atoms with E-state index in [1.807, 2.05) is 66.7 Å². The minimum absolute atomic E-state index is 0.218. The molecule has 0 atom stereocenters. The van der Waals surface area contributed by atoms with Crippen LogP contribution < -0.4 is 9.47 Å². The molecule has 0 unspecified atom stereocenters. The Hall–Kier alpha value is -5.24. The van der Waals surface area contributed by atoms with Crippen LogP contribution >= 0.6 is 0 Å². The van der Waals surface area contributed by atoms with E-state index in [4.69, 9.17) is 24.2 Å². The monoisotopic (exact) mass is 559 g/mol. The summed E-state index contributed by atoms with van der Waals surface area (Å²) in [6.45, 7) is 0.796. The van der Waals surface area contributed by atoms with Gasteiger partial charge in [0.25, 0.3) is 5.91 Å². The normalized spacial score (nSPS) is 12.5. The van der Waals surface area contributed by atoms with Crippen molar-refractivity contribution in [2.24, 2.45) is 0 Å². The van der Waals surface area contributed by atoms with Crippen LogP contribution in [0.4, 0.5) is 0 Å². The number of aromatic nitrogens is 2. The molecule has 0 aliphatic carbocycles.